The molecule has 0 aliphatic rings. The molecule has 100 valence electrons. The van der Waals surface area contributed by atoms with Crippen molar-refractivity contribution in [1.82, 2.24) is 0 Å². The molecule has 0 aliphatic carbocycles. The van der Waals surface area contributed by atoms with E-state index in [4.69, 9.17) is 0 Å². The number of hydrogen-bond acceptors (Lipinski definition) is 3. The predicted molar refractivity (Wildman–Crippen MR) is 84.7 cm³/mol. The Hall–Kier alpha value is -2.13. The Bertz CT molecular complexity index is 729. The van der Waals surface area contributed by atoms with Crippen molar-refractivity contribution >= 4 is 39.0 Å². The fourth-order valence-electron chi connectivity index (χ4n) is 1.95. The highest BCUT2D eigenvalue weighted by Gasteiger charge is 2.11. The van der Waals surface area contributed by atoms with Gasteiger partial charge in [-0.1, -0.05) is 49.2 Å². The molecular weight excluding hydrogens is 268 g/mol. The molecule has 20 heavy (non-hydrogen) atoms. The second-order valence-corrected chi connectivity index (χ2v) is 5.55. The normalized spacial score (nSPS) is 10.2. The van der Waals surface area contributed by atoms with E-state index in [1.54, 1.807) is 0 Å². The summed E-state index contributed by atoms with van der Waals surface area (Å²) in [7, 11) is 0. The van der Waals surface area contributed by atoms with Crippen molar-refractivity contribution < 1.29 is 9.59 Å². The van der Waals surface area contributed by atoms with Crippen LogP contribution in [0.1, 0.15) is 12.5 Å². The molecule has 0 unspecified atom stereocenters. The van der Waals surface area contributed by atoms with Crippen molar-refractivity contribution in [3.63, 3.8) is 0 Å². The summed E-state index contributed by atoms with van der Waals surface area (Å²) in [6.07, 6.45) is 1.25. The van der Waals surface area contributed by atoms with Crippen LogP contribution in [-0.4, -0.2) is 10.9 Å². The van der Waals surface area contributed by atoms with Crippen LogP contribution in [-0.2, 0) is 9.59 Å². The van der Waals surface area contributed by atoms with E-state index in [-0.39, 0.29) is 10.9 Å². The third-order valence-corrected chi connectivity index (χ3v) is 3.75. The molecule has 0 heterocycles. The van der Waals surface area contributed by atoms with Crippen molar-refractivity contribution in [3.05, 3.63) is 61.2 Å². The summed E-state index contributed by atoms with van der Waals surface area (Å²) < 4.78 is 0. The topological polar surface area (TPSA) is 34.1 Å². The first-order valence-corrected chi connectivity index (χ1v) is 6.92. The fourth-order valence-corrected chi connectivity index (χ4v) is 2.75. The standard InChI is InChI=1S/C17H14O2S/c1-4-16(19)11(2)14-9-13-7-5-6-8-15(13)17(10-14)20-12(3)18/h4-10H,1-2H2,3H3. The average Bonchev–Trinajstić information content (AvgIpc) is 2.44. The van der Waals surface area contributed by atoms with Gasteiger partial charge in [-0.3, -0.25) is 9.59 Å². The lowest BCUT2D eigenvalue weighted by atomic mass is 9.99. The Kier molecular flexibility index (Phi) is 4.20. The highest BCUT2D eigenvalue weighted by molar-refractivity contribution is 8.13. The van der Waals surface area contributed by atoms with E-state index in [0.29, 0.717) is 5.57 Å². The summed E-state index contributed by atoms with van der Waals surface area (Å²) in [5.74, 6) is -0.209. The molecule has 0 fully saturated rings. The van der Waals surface area contributed by atoms with Gasteiger partial charge in [0.15, 0.2) is 10.9 Å². The van der Waals surface area contributed by atoms with Gasteiger partial charge >= 0.3 is 0 Å². The van der Waals surface area contributed by atoms with Crippen LogP contribution in [0.3, 0.4) is 0 Å². The number of thioether (sulfide) groups is 1. The smallest absolute Gasteiger partial charge is 0.190 e. The SMILES string of the molecule is C=CC(=O)C(=C)c1cc(SC(C)=O)c2ccccc2c1. The van der Waals surface area contributed by atoms with Gasteiger partial charge in [0.1, 0.15) is 0 Å². The number of rotatable bonds is 4. The maximum atomic E-state index is 11.7. The molecule has 3 heteroatoms. The van der Waals surface area contributed by atoms with Gasteiger partial charge in [-0.05, 0) is 34.5 Å². The Labute approximate surface area is 122 Å². The van der Waals surface area contributed by atoms with E-state index in [0.717, 1.165) is 33.0 Å². The molecule has 2 rings (SSSR count). The second kappa shape index (κ2) is 5.88. The van der Waals surface area contributed by atoms with Gasteiger partial charge in [-0.2, -0.15) is 0 Å². The molecule has 2 nitrogen and oxygen atoms in total. The van der Waals surface area contributed by atoms with Crippen LogP contribution in [0, 0.1) is 0 Å². The van der Waals surface area contributed by atoms with Crippen LogP contribution in [0.15, 0.2) is 60.5 Å². The number of benzene rings is 2. The Balaban J connectivity index is 2.63. The van der Waals surface area contributed by atoms with Crippen LogP contribution >= 0.6 is 11.8 Å². The van der Waals surface area contributed by atoms with Gasteiger partial charge in [-0.15, -0.1) is 0 Å². The van der Waals surface area contributed by atoms with E-state index in [9.17, 15) is 9.59 Å². The van der Waals surface area contributed by atoms with Gasteiger partial charge in [0.25, 0.3) is 0 Å². The lowest BCUT2D eigenvalue weighted by molar-refractivity contribution is -0.110. The number of carbonyl (C=O) groups excluding carboxylic acids is 2. The second-order valence-electron chi connectivity index (χ2n) is 4.34. The molecule has 0 amide bonds. The zero-order valence-electron chi connectivity index (χ0n) is 11.2. The third-order valence-electron chi connectivity index (χ3n) is 2.91. The minimum atomic E-state index is -0.209. The summed E-state index contributed by atoms with van der Waals surface area (Å²) in [4.78, 5) is 23.9. The van der Waals surface area contributed by atoms with E-state index < -0.39 is 0 Å². The van der Waals surface area contributed by atoms with Gasteiger partial charge in [0, 0.05) is 17.4 Å². The van der Waals surface area contributed by atoms with Gasteiger partial charge in [0.05, 0.1) is 0 Å². The monoisotopic (exact) mass is 282 g/mol. The van der Waals surface area contributed by atoms with Crippen molar-refractivity contribution in [2.45, 2.75) is 11.8 Å². The average molecular weight is 282 g/mol. The first-order chi connectivity index (χ1) is 9.52. The first-order valence-electron chi connectivity index (χ1n) is 6.10. The predicted octanol–water partition coefficient (Wildman–Crippen LogP) is 4.25. The van der Waals surface area contributed by atoms with Gasteiger partial charge in [-0.25, -0.2) is 0 Å². The summed E-state index contributed by atoms with van der Waals surface area (Å²) in [5, 5.41) is 1.98. The number of ketones is 1. The first kappa shape index (κ1) is 14.3. The molecule has 0 aromatic heterocycles. The lowest BCUT2D eigenvalue weighted by Gasteiger charge is -2.09. The summed E-state index contributed by atoms with van der Waals surface area (Å²) in [6, 6.07) is 11.5. The van der Waals surface area contributed by atoms with E-state index in [2.05, 4.69) is 13.2 Å². The molecule has 0 N–H and O–H groups in total. The number of carbonyl (C=O) groups is 2. The summed E-state index contributed by atoms with van der Waals surface area (Å²) in [5.41, 5.74) is 1.11. The van der Waals surface area contributed by atoms with E-state index in [1.807, 2.05) is 36.4 Å². The molecule has 0 aliphatic heterocycles. The molecule has 2 aromatic carbocycles. The molecular formula is C17H14O2S. The van der Waals surface area contributed by atoms with Crippen molar-refractivity contribution in [1.29, 1.82) is 0 Å². The van der Waals surface area contributed by atoms with Crippen LogP contribution in [0.5, 0.6) is 0 Å². The van der Waals surface area contributed by atoms with Crippen LogP contribution in [0.25, 0.3) is 16.3 Å². The van der Waals surface area contributed by atoms with Crippen molar-refractivity contribution in [2.24, 2.45) is 0 Å². The maximum Gasteiger partial charge on any atom is 0.190 e. The number of allylic oxidation sites excluding steroid dienone is 2. The zero-order chi connectivity index (χ0) is 14.7. The lowest BCUT2D eigenvalue weighted by Crippen LogP contribution is -1.97. The molecule has 2 aromatic rings. The molecule has 0 saturated carbocycles. The van der Waals surface area contributed by atoms with Gasteiger partial charge in [0.2, 0.25) is 0 Å². The third kappa shape index (κ3) is 2.89. The van der Waals surface area contributed by atoms with Crippen LogP contribution in [0.4, 0.5) is 0 Å². The quantitative estimate of drug-likeness (QED) is 0.621. The Morgan fingerprint density at radius 3 is 2.55 bits per heavy atom. The van der Waals surface area contributed by atoms with Crippen molar-refractivity contribution in [2.75, 3.05) is 0 Å². The Morgan fingerprint density at radius 2 is 1.90 bits per heavy atom. The van der Waals surface area contributed by atoms with E-state index in [1.165, 1.54) is 13.0 Å². The zero-order valence-corrected chi connectivity index (χ0v) is 12.0. The molecule has 0 saturated heterocycles. The van der Waals surface area contributed by atoms with E-state index >= 15 is 0 Å². The molecule has 0 bridgehead atoms. The molecule has 0 atom stereocenters. The summed E-state index contributed by atoms with van der Waals surface area (Å²) in [6.45, 7) is 8.80. The van der Waals surface area contributed by atoms with Crippen LogP contribution in [0.2, 0.25) is 0 Å². The van der Waals surface area contributed by atoms with Crippen molar-refractivity contribution in [3.8, 4) is 0 Å². The van der Waals surface area contributed by atoms with Crippen LogP contribution < -0.4 is 0 Å². The molecule has 0 radical (unpaired) electrons. The number of fused-ring (bicyclic) bond motifs is 1. The largest absolute Gasteiger partial charge is 0.289 e. The Morgan fingerprint density at radius 1 is 1.20 bits per heavy atom. The maximum absolute atomic E-state index is 11.7. The highest BCUT2D eigenvalue weighted by Crippen LogP contribution is 2.32. The highest BCUT2D eigenvalue weighted by atomic mass is 32.2. The fraction of sp³-hybridized carbons (Fsp3) is 0.0588. The molecule has 0 spiro atoms. The van der Waals surface area contributed by atoms with Gasteiger partial charge < -0.3 is 0 Å². The minimum absolute atomic E-state index is 0.00737. The minimum Gasteiger partial charge on any atom is -0.289 e. The summed E-state index contributed by atoms with van der Waals surface area (Å²) >= 11 is 1.16. The number of hydrogen-bond donors (Lipinski definition) is 0.